The first-order chi connectivity index (χ1) is 14.8. The zero-order chi connectivity index (χ0) is 22.9. The number of hydrogen-bond acceptors (Lipinski definition) is 7. The van der Waals surface area contributed by atoms with Crippen molar-refractivity contribution >= 4 is 27.5 Å². The second kappa shape index (κ2) is 12.1. The third-order valence-electron chi connectivity index (χ3n) is 4.99. The average molecular weight is 457 g/mol. The summed E-state index contributed by atoms with van der Waals surface area (Å²) in [4.78, 5) is 26.4. The average Bonchev–Trinajstić information content (AvgIpc) is 2.77. The van der Waals surface area contributed by atoms with Crippen LogP contribution in [-0.4, -0.2) is 95.6 Å². The predicted molar refractivity (Wildman–Crippen MR) is 116 cm³/mol. The maximum absolute atomic E-state index is 12.8. The van der Waals surface area contributed by atoms with E-state index in [0.717, 1.165) is 0 Å². The molecule has 1 aliphatic rings. The van der Waals surface area contributed by atoms with Crippen LogP contribution in [0.25, 0.3) is 0 Å². The molecule has 1 saturated heterocycles. The Kier molecular flexibility index (Phi) is 9.85. The van der Waals surface area contributed by atoms with Crippen molar-refractivity contribution in [2.24, 2.45) is 0 Å². The van der Waals surface area contributed by atoms with Crippen molar-refractivity contribution in [2.45, 2.75) is 24.3 Å². The van der Waals surface area contributed by atoms with Crippen LogP contribution in [0.3, 0.4) is 0 Å². The van der Waals surface area contributed by atoms with Gasteiger partial charge in [-0.25, -0.2) is 8.42 Å². The monoisotopic (exact) mass is 456 g/mol. The van der Waals surface area contributed by atoms with E-state index >= 15 is 0 Å². The van der Waals surface area contributed by atoms with Crippen LogP contribution >= 0.6 is 0 Å². The molecule has 0 spiro atoms. The van der Waals surface area contributed by atoms with Crippen LogP contribution in [0.5, 0.6) is 0 Å². The summed E-state index contributed by atoms with van der Waals surface area (Å²) in [6.07, 6.45) is 0.714. The Bertz CT molecular complexity index is 842. The Balaban J connectivity index is 1.93. The highest BCUT2D eigenvalue weighted by atomic mass is 32.2. The van der Waals surface area contributed by atoms with Gasteiger partial charge in [0, 0.05) is 39.0 Å². The molecule has 0 aliphatic carbocycles. The number of sulfonamides is 1. The van der Waals surface area contributed by atoms with Crippen LogP contribution in [0, 0.1) is 0 Å². The summed E-state index contributed by atoms with van der Waals surface area (Å²) >= 11 is 0. The Morgan fingerprint density at radius 2 is 2.00 bits per heavy atom. The maximum atomic E-state index is 12.8. The smallest absolute Gasteiger partial charge is 0.243 e. The van der Waals surface area contributed by atoms with Crippen molar-refractivity contribution in [3.05, 3.63) is 24.3 Å². The fraction of sp³-hybridized carbons (Fsp3) is 0.600. The number of rotatable bonds is 11. The molecule has 1 aromatic carbocycles. The fourth-order valence-corrected chi connectivity index (χ4v) is 4.44. The standard InChI is InChI=1S/C20H32N4O6S/c1-16(23(2)15-19(25)21-8-5-11-29-3)20(26)22-17-6-4-7-18(14-17)31(27,28)24-9-12-30-13-10-24/h4,6-7,14,16H,5,8-13,15H2,1-3H3,(H,21,25)(H,22,26). The molecule has 174 valence electrons. The highest BCUT2D eigenvalue weighted by Crippen LogP contribution is 2.21. The number of hydrogen-bond donors (Lipinski definition) is 2. The zero-order valence-corrected chi connectivity index (χ0v) is 19.1. The second-order valence-electron chi connectivity index (χ2n) is 7.32. The molecule has 0 aromatic heterocycles. The van der Waals surface area contributed by atoms with Gasteiger partial charge in [-0.3, -0.25) is 14.5 Å². The van der Waals surface area contributed by atoms with Crippen LogP contribution < -0.4 is 10.6 Å². The van der Waals surface area contributed by atoms with E-state index in [1.54, 1.807) is 38.1 Å². The van der Waals surface area contributed by atoms with Gasteiger partial charge >= 0.3 is 0 Å². The molecular formula is C20H32N4O6S. The van der Waals surface area contributed by atoms with Crippen molar-refractivity contribution in [2.75, 3.05) is 65.5 Å². The first kappa shape index (κ1) is 25.2. The van der Waals surface area contributed by atoms with Gasteiger partial charge in [-0.1, -0.05) is 6.07 Å². The highest BCUT2D eigenvalue weighted by molar-refractivity contribution is 7.89. The SMILES string of the molecule is COCCCNC(=O)CN(C)C(C)C(=O)Nc1cccc(S(=O)(=O)N2CCOCC2)c1. The number of carbonyl (C=O) groups excluding carboxylic acids is 2. The molecule has 1 fully saturated rings. The number of morpholine rings is 1. The Morgan fingerprint density at radius 1 is 1.29 bits per heavy atom. The second-order valence-corrected chi connectivity index (χ2v) is 9.26. The normalized spacial score (nSPS) is 16.1. The summed E-state index contributed by atoms with van der Waals surface area (Å²) in [6, 6.07) is 5.57. The summed E-state index contributed by atoms with van der Waals surface area (Å²) in [5, 5.41) is 5.51. The van der Waals surface area contributed by atoms with E-state index in [9.17, 15) is 18.0 Å². The minimum absolute atomic E-state index is 0.0625. The number of carbonyl (C=O) groups is 2. The molecular weight excluding hydrogens is 424 g/mol. The molecule has 0 radical (unpaired) electrons. The van der Waals surface area contributed by atoms with Gasteiger partial charge in [0.2, 0.25) is 21.8 Å². The van der Waals surface area contributed by atoms with Gasteiger partial charge in [-0.05, 0) is 38.6 Å². The van der Waals surface area contributed by atoms with E-state index in [1.165, 1.54) is 16.4 Å². The third-order valence-corrected chi connectivity index (χ3v) is 6.89. The van der Waals surface area contributed by atoms with E-state index in [4.69, 9.17) is 9.47 Å². The van der Waals surface area contributed by atoms with Gasteiger partial charge in [0.25, 0.3) is 0 Å². The molecule has 1 atom stereocenters. The van der Waals surface area contributed by atoms with E-state index in [1.807, 2.05) is 0 Å². The molecule has 0 saturated carbocycles. The molecule has 10 nitrogen and oxygen atoms in total. The van der Waals surface area contributed by atoms with Crippen LogP contribution in [0.15, 0.2) is 29.2 Å². The molecule has 31 heavy (non-hydrogen) atoms. The van der Waals surface area contributed by atoms with Crippen LogP contribution in [0.4, 0.5) is 5.69 Å². The molecule has 1 aromatic rings. The molecule has 1 heterocycles. The zero-order valence-electron chi connectivity index (χ0n) is 18.3. The largest absolute Gasteiger partial charge is 0.385 e. The maximum Gasteiger partial charge on any atom is 0.243 e. The minimum atomic E-state index is -3.66. The number of likely N-dealkylation sites (N-methyl/N-ethyl adjacent to an activating group) is 1. The van der Waals surface area contributed by atoms with Crippen molar-refractivity contribution in [1.82, 2.24) is 14.5 Å². The first-order valence-corrected chi connectivity index (χ1v) is 11.6. The number of anilines is 1. The number of nitrogens with zero attached hydrogens (tertiary/aromatic N) is 2. The lowest BCUT2D eigenvalue weighted by Crippen LogP contribution is -2.45. The predicted octanol–water partition coefficient (Wildman–Crippen LogP) is 0.119. The van der Waals surface area contributed by atoms with Crippen molar-refractivity contribution in [3.8, 4) is 0 Å². The number of amides is 2. The number of benzene rings is 1. The number of methoxy groups -OCH3 is 1. The lowest BCUT2D eigenvalue weighted by atomic mass is 10.2. The van der Waals surface area contributed by atoms with Crippen molar-refractivity contribution in [3.63, 3.8) is 0 Å². The third kappa shape index (κ3) is 7.54. The van der Waals surface area contributed by atoms with Crippen LogP contribution in [-0.2, 0) is 29.1 Å². The first-order valence-electron chi connectivity index (χ1n) is 10.2. The van der Waals surface area contributed by atoms with Gasteiger partial charge in [0.15, 0.2) is 0 Å². The van der Waals surface area contributed by atoms with Crippen LogP contribution in [0.1, 0.15) is 13.3 Å². The van der Waals surface area contributed by atoms with Gasteiger partial charge in [-0.2, -0.15) is 4.31 Å². The molecule has 0 bridgehead atoms. The lowest BCUT2D eigenvalue weighted by molar-refractivity contribution is -0.124. The minimum Gasteiger partial charge on any atom is -0.385 e. The Labute approximate surface area is 183 Å². The Morgan fingerprint density at radius 3 is 2.68 bits per heavy atom. The molecule has 2 rings (SSSR count). The summed E-state index contributed by atoms with van der Waals surface area (Å²) in [6.45, 7) is 4.14. The van der Waals surface area contributed by atoms with Gasteiger partial charge < -0.3 is 20.1 Å². The van der Waals surface area contributed by atoms with E-state index < -0.39 is 16.1 Å². The van der Waals surface area contributed by atoms with E-state index in [0.29, 0.717) is 51.6 Å². The number of ether oxygens (including phenoxy) is 2. The fourth-order valence-electron chi connectivity index (χ4n) is 2.98. The summed E-state index contributed by atoms with van der Waals surface area (Å²) in [5.41, 5.74) is 0.378. The molecule has 1 unspecified atom stereocenters. The molecule has 2 amide bonds. The molecule has 2 N–H and O–H groups in total. The Hall–Kier alpha value is -2.05. The summed E-state index contributed by atoms with van der Waals surface area (Å²) < 4.78 is 37.1. The molecule has 1 aliphatic heterocycles. The topological polar surface area (TPSA) is 117 Å². The number of nitrogens with one attached hydrogen (secondary N) is 2. The summed E-state index contributed by atoms with van der Waals surface area (Å²) in [7, 11) is -0.376. The van der Waals surface area contributed by atoms with E-state index in [-0.39, 0.29) is 23.3 Å². The van der Waals surface area contributed by atoms with Gasteiger partial charge in [0.05, 0.1) is 30.7 Å². The van der Waals surface area contributed by atoms with Gasteiger partial charge in [-0.15, -0.1) is 0 Å². The van der Waals surface area contributed by atoms with Crippen LogP contribution in [0.2, 0.25) is 0 Å². The highest BCUT2D eigenvalue weighted by Gasteiger charge is 2.27. The molecule has 11 heteroatoms. The van der Waals surface area contributed by atoms with E-state index in [2.05, 4.69) is 10.6 Å². The quantitative estimate of drug-likeness (QED) is 0.454. The lowest BCUT2D eigenvalue weighted by Gasteiger charge is -2.26. The summed E-state index contributed by atoms with van der Waals surface area (Å²) in [5.74, 6) is -0.521. The van der Waals surface area contributed by atoms with Crippen molar-refractivity contribution in [1.29, 1.82) is 0 Å². The van der Waals surface area contributed by atoms with Gasteiger partial charge in [0.1, 0.15) is 0 Å². The van der Waals surface area contributed by atoms with Crippen molar-refractivity contribution < 1.29 is 27.5 Å².